The van der Waals surface area contributed by atoms with E-state index in [-0.39, 0.29) is 17.6 Å². The Morgan fingerprint density at radius 2 is 1.74 bits per heavy atom. The first-order valence-corrected chi connectivity index (χ1v) is 12.2. The van der Waals surface area contributed by atoms with E-state index in [0.717, 1.165) is 39.1 Å². The van der Waals surface area contributed by atoms with Gasteiger partial charge in [-0.2, -0.15) is 5.26 Å². The molecule has 3 aliphatic heterocycles. The van der Waals surface area contributed by atoms with Gasteiger partial charge in [0.1, 0.15) is 17.2 Å². The van der Waals surface area contributed by atoms with E-state index in [2.05, 4.69) is 41.1 Å². The lowest BCUT2D eigenvalue weighted by Crippen LogP contribution is -2.50. The third-order valence-electron chi connectivity index (χ3n) is 6.81. The number of piperidine rings is 1. The molecule has 3 aliphatic rings. The number of carbonyl (C=O) groups is 1. The second-order valence-electron chi connectivity index (χ2n) is 8.88. The van der Waals surface area contributed by atoms with Crippen LogP contribution in [0.2, 0.25) is 0 Å². The summed E-state index contributed by atoms with van der Waals surface area (Å²) in [5, 5.41) is 12.5. The molecule has 0 atom stereocenters. The molecule has 0 spiro atoms. The number of nitrogens with zero attached hydrogens (tertiary/aromatic N) is 7. The molecular weight excluding hydrogens is 450 g/mol. The highest BCUT2D eigenvalue weighted by Crippen LogP contribution is 2.26. The number of rotatable bonds is 5. The molecule has 0 bridgehead atoms. The van der Waals surface area contributed by atoms with Gasteiger partial charge in [-0.25, -0.2) is 15.0 Å². The Kier molecular flexibility index (Phi) is 7.08. The second kappa shape index (κ2) is 10.6. The number of hydrogen-bond acceptors (Lipinski definition) is 10. The topological polar surface area (TPSA) is 136 Å². The molecule has 0 aromatic carbocycles. The summed E-state index contributed by atoms with van der Waals surface area (Å²) in [5.41, 5.74) is 1.27. The lowest BCUT2D eigenvalue weighted by Gasteiger charge is -2.39. The first kappa shape index (κ1) is 23.5. The van der Waals surface area contributed by atoms with E-state index in [1.807, 2.05) is 4.90 Å². The quantitative estimate of drug-likeness (QED) is 0.571. The molecule has 3 fully saturated rings. The van der Waals surface area contributed by atoms with Crippen LogP contribution in [0, 0.1) is 11.3 Å². The predicted molar refractivity (Wildman–Crippen MR) is 129 cm³/mol. The monoisotopic (exact) mass is 481 g/mol. The van der Waals surface area contributed by atoms with Crippen molar-refractivity contribution in [2.45, 2.75) is 18.9 Å². The van der Waals surface area contributed by atoms with Crippen LogP contribution in [0.5, 0.6) is 0 Å². The summed E-state index contributed by atoms with van der Waals surface area (Å²) < 4.78 is 11.0. The van der Waals surface area contributed by atoms with Gasteiger partial charge in [-0.05, 0) is 12.8 Å². The number of aromatic nitrogens is 4. The number of aromatic amines is 1. The molecule has 5 heterocycles. The minimum Gasteiger partial charge on any atom is -0.393 e. The van der Waals surface area contributed by atoms with Gasteiger partial charge in [-0.3, -0.25) is 9.69 Å². The highest BCUT2D eigenvalue weighted by atomic mass is 16.5. The van der Waals surface area contributed by atoms with Crippen LogP contribution in [0.15, 0.2) is 6.20 Å². The van der Waals surface area contributed by atoms with Crippen molar-refractivity contribution in [1.82, 2.24) is 35.1 Å². The van der Waals surface area contributed by atoms with Crippen LogP contribution in [-0.4, -0.2) is 114 Å². The second-order valence-corrected chi connectivity index (χ2v) is 8.88. The van der Waals surface area contributed by atoms with Crippen LogP contribution >= 0.6 is 0 Å². The van der Waals surface area contributed by atoms with Gasteiger partial charge in [0, 0.05) is 58.6 Å². The fraction of sp³-hybridized carbons (Fsp3) is 0.609. The Bertz CT molecular complexity index is 1120. The lowest BCUT2D eigenvalue weighted by molar-refractivity contribution is 0.00147. The number of nitrogens with one attached hydrogen (secondary N) is 2. The fourth-order valence-electron chi connectivity index (χ4n) is 4.93. The molecular formula is C23H31N9O3. The minimum atomic E-state index is -0.135. The molecule has 0 unspecified atom stereocenters. The molecule has 0 aliphatic carbocycles. The zero-order chi connectivity index (χ0) is 24.2. The van der Waals surface area contributed by atoms with Crippen molar-refractivity contribution in [3.63, 3.8) is 0 Å². The van der Waals surface area contributed by atoms with Crippen LogP contribution in [0.4, 0.5) is 5.82 Å². The summed E-state index contributed by atoms with van der Waals surface area (Å²) >= 11 is 0. The minimum absolute atomic E-state index is 0.135. The summed E-state index contributed by atoms with van der Waals surface area (Å²) in [5.74, 6) is 1.02. The summed E-state index contributed by atoms with van der Waals surface area (Å²) in [6.07, 6.45) is 3.44. The number of morpholine rings is 2. The van der Waals surface area contributed by atoms with Gasteiger partial charge in [-0.15, -0.1) is 0 Å². The number of anilines is 1. The van der Waals surface area contributed by atoms with Gasteiger partial charge >= 0.3 is 0 Å². The molecule has 0 saturated carbocycles. The maximum absolute atomic E-state index is 13.4. The average molecular weight is 482 g/mol. The van der Waals surface area contributed by atoms with Crippen molar-refractivity contribution < 1.29 is 14.3 Å². The number of imidazole rings is 1. The Morgan fingerprint density at radius 3 is 2.40 bits per heavy atom. The number of fused-ring (bicyclic) bond motifs is 1. The smallest absolute Gasteiger partial charge is 0.289 e. The van der Waals surface area contributed by atoms with Crippen LogP contribution < -0.4 is 10.2 Å². The average Bonchev–Trinajstić information content (AvgIpc) is 3.36. The molecule has 12 heteroatoms. The van der Waals surface area contributed by atoms with Crippen molar-refractivity contribution in [2.75, 3.05) is 77.6 Å². The van der Waals surface area contributed by atoms with Gasteiger partial charge in [0.05, 0.1) is 26.4 Å². The van der Waals surface area contributed by atoms with Crippen molar-refractivity contribution in [1.29, 1.82) is 5.26 Å². The van der Waals surface area contributed by atoms with Crippen LogP contribution in [-0.2, 0) is 9.47 Å². The molecule has 1 amide bonds. The summed E-state index contributed by atoms with van der Waals surface area (Å²) in [6.45, 7) is 7.32. The van der Waals surface area contributed by atoms with Gasteiger partial charge < -0.3 is 29.6 Å². The number of amides is 1. The number of likely N-dealkylation sites (tertiary alicyclic amines) is 1. The van der Waals surface area contributed by atoms with Gasteiger partial charge in [0.15, 0.2) is 23.1 Å². The van der Waals surface area contributed by atoms with E-state index in [1.54, 1.807) is 13.2 Å². The summed E-state index contributed by atoms with van der Waals surface area (Å²) in [6, 6.07) is 2.62. The number of nitriles is 1. The van der Waals surface area contributed by atoms with E-state index < -0.39 is 0 Å². The maximum atomic E-state index is 13.4. The zero-order valence-corrected chi connectivity index (χ0v) is 20.0. The Morgan fingerprint density at radius 1 is 1.06 bits per heavy atom. The molecule has 3 saturated heterocycles. The van der Waals surface area contributed by atoms with Crippen molar-refractivity contribution in [3.05, 3.63) is 17.8 Å². The van der Waals surface area contributed by atoms with E-state index >= 15 is 0 Å². The number of H-pyrrole nitrogens is 1. The van der Waals surface area contributed by atoms with E-state index in [4.69, 9.17) is 9.47 Å². The van der Waals surface area contributed by atoms with Crippen LogP contribution in [0.3, 0.4) is 0 Å². The zero-order valence-electron chi connectivity index (χ0n) is 20.0. The third-order valence-corrected chi connectivity index (χ3v) is 6.81. The molecule has 2 aromatic heterocycles. The standard InChI is InChI=1S/C23H31N9O3/c1-25-15-16(14-24)19-27-20-18(22(29-19)31-8-12-35-13-9-31)26-21(28-20)23(33)32-4-2-17(3-5-32)30-6-10-34-11-7-30/h15,17,25H,2-13H2,1H3,(H,26,27,28,29)/b16-15+. The van der Waals surface area contributed by atoms with Gasteiger partial charge in [-0.1, -0.05) is 0 Å². The van der Waals surface area contributed by atoms with Crippen LogP contribution in [0.25, 0.3) is 16.7 Å². The van der Waals surface area contributed by atoms with E-state index in [1.165, 1.54) is 0 Å². The van der Waals surface area contributed by atoms with Crippen LogP contribution in [0.1, 0.15) is 29.3 Å². The summed E-state index contributed by atoms with van der Waals surface area (Å²) in [4.78, 5) is 36.7. The third kappa shape index (κ3) is 4.93. The first-order valence-electron chi connectivity index (χ1n) is 12.2. The lowest BCUT2D eigenvalue weighted by atomic mass is 10.0. The Hall–Kier alpha value is -3.27. The normalized spacial score (nSPS) is 20.7. The molecule has 12 nitrogen and oxygen atoms in total. The molecule has 5 rings (SSSR count). The number of carbonyl (C=O) groups excluding carboxylic acids is 1. The molecule has 186 valence electrons. The molecule has 0 radical (unpaired) electrons. The van der Waals surface area contributed by atoms with Crippen molar-refractivity contribution >= 4 is 28.5 Å². The van der Waals surface area contributed by atoms with E-state index in [0.29, 0.717) is 68.0 Å². The molecule has 2 aromatic rings. The Balaban J connectivity index is 1.40. The fourth-order valence-corrected chi connectivity index (χ4v) is 4.93. The SMILES string of the molecule is CN/C=C(\C#N)c1nc(N2CCOCC2)c2[nH]c(C(=O)N3CCC(N4CCOCC4)CC3)nc2n1. The summed E-state index contributed by atoms with van der Waals surface area (Å²) in [7, 11) is 1.71. The highest BCUT2D eigenvalue weighted by Gasteiger charge is 2.30. The van der Waals surface area contributed by atoms with Gasteiger partial charge in [0.25, 0.3) is 5.91 Å². The van der Waals surface area contributed by atoms with Crippen molar-refractivity contribution in [2.24, 2.45) is 0 Å². The Labute approximate surface area is 203 Å². The first-order chi connectivity index (χ1) is 17.2. The number of hydrogen-bond donors (Lipinski definition) is 2. The largest absolute Gasteiger partial charge is 0.393 e. The highest BCUT2D eigenvalue weighted by molar-refractivity contribution is 5.96. The number of ether oxygens (including phenoxy) is 2. The van der Waals surface area contributed by atoms with Crippen molar-refractivity contribution in [3.8, 4) is 6.07 Å². The predicted octanol–water partition coefficient (Wildman–Crippen LogP) is 0.210. The van der Waals surface area contributed by atoms with Gasteiger partial charge in [0.2, 0.25) is 0 Å². The number of allylic oxidation sites excluding steroid dienone is 1. The molecule has 35 heavy (non-hydrogen) atoms. The maximum Gasteiger partial charge on any atom is 0.289 e. The molecule has 2 N–H and O–H groups in total. The van der Waals surface area contributed by atoms with E-state index in [9.17, 15) is 10.1 Å².